The van der Waals surface area contributed by atoms with E-state index in [0.717, 1.165) is 4.31 Å². The van der Waals surface area contributed by atoms with Crippen molar-refractivity contribution in [2.24, 2.45) is 0 Å². The van der Waals surface area contributed by atoms with Gasteiger partial charge in [-0.25, -0.2) is 8.42 Å². The Hall–Kier alpha value is -0.840. The normalized spacial score (nSPS) is 22.4. The minimum absolute atomic E-state index is 0.0770. The maximum Gasteiger partial charge on any atom is 0.219 e. The quantitative estimate of drug-likeness (QED) is 0.837. The van der Waals surface area contributed by atoms with Crippen molar-refractivity contribution in [3.8, 4) is 6.07 Å². The van der Waals surface area contributed by atoms with E-state index in [4.69, 9.17) is 27.9 Å². The fraction of sp³-hybridized carbons (Fsp3) is 0.462. The van der Waals surface area contributed by atoms with E-state index in [2.05, 4.69) is 6.07 Å². The molecule has 0 radical (unpaired) electrons. The van der Waals surface area contributed by atoms with Gasteiger partial charge in [-0.05, 0) is 17.7 Å². The number of hydrogen-bond acceptors (Lipinski definition) is 4. The molecule has 0 aliphatic carbocycles. The standard InChI is InChI=1S/C13H14Cl2N2O3S/c1-17(13(8-16)4-5-20-9-13)21(18,19)7-10-2-3-11(14)6-12(10)15/h2-3,6H,4-5,7,9H2,1H3/t13-/m1/s1. The van der Waals surface area contributed by atoms with Crippen molar-refractivity contribution >= 4 is 33.2 Å². The van der Waals surface area contributed by atoms with Crippen LogP contribution in [0.5, 0.6) is 0 Å². The van der Waals surface area contributed by atoms with Crippen molar-refractivity contribution in [2.45, 2.75) is 17.7 Å². The zero-order valence-electron chi connectivity index (χ0n) is 11.3. The number of likely N-dealkylation sites (N-methyl/N-ethyl adjacent to an activating group) is 1. The lowest BCUT2D eigenvalue weighted by Gasteiger charge is -2.30. The Kier molecular flexibility index (Phi) is 4.81. The molecule has 8 heteroatoms. The van der Waals surface area contributed by atoms with Crippen LogP contribution in [-0.2, 0) is 20.5 Å². The largest absolute Gasteiger partial charge is 0.378 e. The maximum absolute atomic E-state index is 12.5. The number of ether oxygens (including phenoxy) is 1. The molecular formula is C13H14Cl2N2O3S. The molecule has 1 aliphatic rings. The highest BCUT2D eigenvalue weighted by molar-refractivity contribution is 7.88. The van der Waals surface area contributed by atoms with Gasteiger partial charge in [0.05, 0.1) is 18.4 Å². The van der Waals surface area contributed by atoms with Crippen molar-refractivity contribution < 1.29 is 13.2 Å². The third kappa shape index (κ3) is 3.33. The van der Waals surface area contributed by atoms with Gasteiger partial charge < -0.3 is 4.74 Å². The first kappa shape index (κ1) is 16.5. The Morgan fingerprint density at radius 1 is 1.48 bits per heavy atom. The lowest BCUT2D eigenvalue weighted by Crippen LogP contribution is -2.49. The average molecular weight is 349 g/mol. The molecule has 114 valence electrons. The van der Waals surface area contributed by atoms with Crippen molar-refractivity contribution in [3.05, 3.63) is 33.8 Å². The molecule has 1 heterocycles. The molecule has 0 N–H and O–H groups in total. The Bertz CT molecular complexity index is 679. The SMILES string of the molecule is CN([C@@]1(C#N)CCOC1)S(=O)(=O)Cc1ccc(Cl)cc1Cl. The Morgan fingerprint density at radius 2 is 2.19 bits per heavy atom. The van der Waals surface area contributed by atoms with Crippen LogP contribution in [0.1, 0.15) is 12.0 Å². The van der Waals surface area contributed by atoms with E-state index in [1.807, 2.05) is 0 Å². The van der Waals surface area contributed by atoms with Crippen molar-refractivity contribution in [1.82, 2.24) is 4.31 Å². The van der Waals surface area contributed by atoms with E-state index >= 15 is 0 Å². The summed E-state index contributed by atoms with van der Waals surface area (Å²) in [6.45, 7) is 0.447. The summed E-state index contributed by atoms with van der Waals surface area (Å²) in [4.78, 5) is 0. The second-order valence-corrected chi connectivity index (χ2v) is 7.75. The molecule has 0 spiro atoms. The summed E-state index contributed by atoms with van der Waals surface area (Å²) in [7, 11) is -2.30. The molecule has 1 atom stereocenters. The molecule has 1 saturated heterocycles. The van der Waals surface area contributed by atoms with Crippen LogP contribution in [0.2, 0.25) is 10.0 Å². The number of sulfonamides is 1. The molecule has 1 aromatic carbocycles. The van der Waals surface area contributed by atoms with Gasteiger partial charge in [0.15, 0.2) is 0 Å². The molecule has 0 bridgehead atoms. The van der Waals surface area contributed by atoms with Gasteiger partial charge >= 0.3 is 0 Å². The van der Waals surface area contributed by atoms with E-state index in [1.165, 1.54) is 13.1 Å². The second kappa shape index (κ2) is 6.11. The Morgan fingerprint density at radius 3 is 2.71 bits per heavy atom. The molecule has 21 heavy (non-hydrogen) atoms. The number of halogens is 2. The van der Waals surface area contributed by atoms with Gasteiger partial charge in [0, 0.05) is 30.1 Å². The third-order valence-electron chi connectivity index (χ3n) is 3.58. The zero-order chi connectivity index (χ0) is 15.7. The van der Waals surface area contributed by atoms with E-state index < -0.39 is 15.6 Å². The van der Waals surface area contributed by atoms with Gasteiger partial charge in [-0.1, -0.05) is 29.3 Å². The monoisotopic (exact) mass is 348 g/mol. The van der Waals surface area contributed by atoms with Gasteiger partial charge in [0.1, 0.15) is 5.54 Å². The molecule has 1 fully saturated rings. The van der Waals surface area contributed by atoms with Crippen LogP contribution < -0.4 is 0 Å². The van der Waals surface area contributed by atoms with Crippen LogP contribution >= 0.6 is 23.2 Å². The van der Waals surface area contributed by atoms with Crippen LogP contribution in [0.15, 0.2) is 18.2 Å². The predicted octanol–water partition coefficient (Wildman–Crippen LogP) is 2.44. The van der Waals surface area contributed by atoms with Gasteiger partial charge in [0.25, 0.3) is 0 Å². The fourth-order valence-corrected chi connectivity index (χ4v) is 4.27. The summed E-state index contributed by atoms with van der Waals surface area (Å²) in [5.41, 5.74) is -0.697. The predicted molar refractivity (Wildman–Crippen MR) is 80.6 cm³/mol. The maximum atomic E-state index is 12.5. The molecule has 1 aliphatic heterocycles. The van der Waals surface area contributed by atoms with E-state index in [9.17, 15) is 13.7 Å². The van der Waals surface area contributed by atoms with Crippen molar-refractivity contribution in [3.63, 3.8) is 0 Å². The molecule has 2 rings (SSSR count). The van der Waals surface area contributed by atoms with E-state index in [1.54, 1.807) is 12.1 Å². The Labute approximate surface area is 134 Å². The van der Waals surface area contributed by atoms with Crippen LogP contribution in [-0.4, -0.2) is 38.5 Å². The summed E-state index contributed by atoms with van der Waals surface area (Å²) in [5, 5.41) is 10.1. The lowest BCUT2D eigenvalue weighted by atomic mass is 10.0. The van der Waals surface area contributed by atoms with Crippen LogP contribution in [0, 0.1) is 11.3 Å². The van der Waals surface area contributed by atoms with Gasteiger partial charge in [-0.2, -0.15) is 9.57 Å². The number of nitrogens with zero attached hydrogens (tertiary/aromatic N) is 2. The van der Waals surface area contributed by atoms with E-state index in [0.29, 0.717) is 23.6 Å². The first-order chi connectivity index (χ1) is 9.81. The number of rotatable bonds is 4. The highest BCUT2D eigenvalue weighted by Gasteiger charge is 2.44. The van der Waals surface area contributed by atoms with Gasteiger partial charge in [-0.3, -0.25) is 0 Å². The summed E-state index contributed by atoms with van der Waals surface area (Å²) >= 11 is 11.8. The summed E-state index contributed by atoms with van der Waals surface area (Å²) in [6.07, 6.45) is 0.355. The molecule has 1 aromatic rings. The van der Waals surface area contributed by atoms with Crippen LogP contribution in [0.25, 0.3) is 0 Å². The molecule has 0 amide bonds. The van der Waals surface area contributed by atoms with Crippen LogP contribution in [0.3, 0.4) is 0 Å². The minimum atomic E-state index is -3.70. The highest BCUT2D eigenvalue weighted by Crippen LogP contribution is 2.30. The smallest absolute Gasteiger partial charge is 0.219 e. The zero-order valence-corrected chi connectivity index (χ0v) is 13.7. The number of hydrogen-bond donors (Lipinski definition) is 0. The number of nitriles is 1. The van der Waals surface area contributed by atoms with Gasteiger partial charge in [-0.15, -0.1) is 0 Å². The first-order valence-electron chi connectivity index (χ1n) is 6.20. The Balaban J connectivity index is 2.28. The molecule has 0 saturated carbocycles. The highest BCUT2D eigenvalue weighted by atomic mass is 35.5. The molecule has 5 nitrogen and oxygen atoms in total. The topological polar surface area (TPSA) is 70.4 Å². The molecule has 0 aromatic heterocycles. The average Bonchev–Trinajstić information content (AvgIpc) is 2.91. The molecular weight excluding hydrogens is 335 g/mol. The second-order valence-electron chi connectivity index (χ2n) is 4.91. The van der Waals surface area contributed by atoms with E-state index in [-0.39, 0.29) is 17.4 Å². The van der Waals surface area contributed by atoms with Crippen molar-refractivity contribution in [1.29, 1.82) is 5.26 Å². The fourth-order valence-electron chi connectivity index (χ4n) is 2.16. The number of benzene rings is 1. The van der Waals surface area contributed by atoms with Gasteiger partial charge in [0.2, 0.25) is 10.0 Å². The minimum Gasteiger partial charge on any atom is -0.378 e. The summed E-state index contributed by atoms with van der Waals surface area (Å²) in [5.74, 6) is -0.289. The molecule has 0 unspecified atom stereocenters. The van der Waals surface area contributed by atoms with Crippen molar-refractivity contribution in [2.75, 3.05) is 20.3 Å². The third-order valence-corrected chi connectivity index (χ3v) is 6.03. The van der Waals surface area contributed by atoms with Crippen LogP contribution in [0.4, 0.5) is 0 Å². The first-order valence-corrected chi connectivity index (χ1v) is 8.57. The summed E-state index contributed by atoms with van der Waals surface area (Å²) in [6, 6.07) is 6.70. The summed E-state index contributed by atoms with van der Waals surface area (Å²) < 4.78 is 31.3. The lowest BCUT2D eigenvalue weighted by molar-refractivity contribution is 0.162.